The van der Waals surface area contributed by atoms with Crippen molar-refractivity contribution in [3.63, 3.8) is 0 Å². The first-order chi connectivity index (χ1) is 9.66. The van der Waals surface area contributed by atoms with Gasteiger partial charge in [0.15, 0.2) is 0 Å². The lowest BCUT2D eigenvalue weighted by Crippen LogP contribution is -2.11. The number of nitrogens with two attached hydrogens (primary N) is 1. The molecule has 0 aliphatic rings. The van der Waals surface area contributed by atoms with Crippen molar-refractivity contribution in [1.82, 2.24) is 0 Å². The molecule has 20 heavy (non-hydrogen) atoms. The SMILES string of the molecule is NC(=O)c1ccc(CCOCc2ccccc2)cc1O. The number of ether oxygens (including phenoxy) is 1. The number of hydrogen-bond acceptors (Lipinski definition) is 3. The number of primary amides is 1. The zero-order chi connectivity index (χ0) is 14.4. The zero-order valence-electron chi connectivity index (χ0n) is 11.1. The third kappa shape index (κ3) is 3.83. The molecule has 0 saturated heterocycles. The monoisotopic (exact) mass is 271 g/mol. The van der Waals surface area contributed by atoms with E-state index in [0.29, 0.717) is 19.6 Å². The first kappa shape index (κ1) is 14.1. The van der Waals surface area contributed by atoms with E-state index in [1.54, 1.807) is 12.1 Å². The Balaban J connectivity index is 1.83. The van der Waals surface area contributed by atoms with E-state index in [9.17, 15) is 9.90 Å². The first-order valence-corrected chi connectivity index (χ1v) is 6.40. The van der Waals surface area contributed by atoms with Crippen molar-refractivity contribution in [2.45, 2.75) is 13.0 Å². The maximum Gasteiger partial charge on any atom is 0.252 e. The van der Waals surface area contributed by atoms with Crippen molar-refractivity contribution in [3.05, 3.63) is 65.2 Å². The summed E-state index contributed by atoms with van der Waals surface area (Å²) in [6, 6.07) is 14.8. The van der Waals surface area contributed by atoms with Gasteiger partial charge < -0.3 is 15.6 Å². The fourth-order valence-corrected chi connectivity index (χ4v) is 1.90. The molecule has 1 amide bonds. The molecule has 3 N–H and O–H groups in total. The van der Waals surface area contributed by atoms with Gasteiger partial charge in [-0.15, -0.1) is 0 Å². The highest BCUT2D eigenvalue weighted by Gasteiger charge is 2.07. The van der Waals surface area contributed by atoms with E-state index in [1.165, 1.54) is 6.07 Å². The number of amides is 1. The van der Waals surface area contributed by atoms with Crippen molar-refractivity contribution in [2.75, 3.05) is 6.61 Å². The molecule has 2 rings (SSSR count). The van der Waals surface area contributed by atoms with Crippen molar-refractivity contribution < 1.29 is 14.6 Å². The standard InChI is InChI=1S/C16H17NO3/c17-16(19)14-7-6-12(10-15(14)18)8-9-20-11-13-4-2-1-3-5-13/h1-7,10,18H,8-9,11H2,(H2,17,19). The number of aromatic hydroxyl groups is 1. The van der Waals surface area contributed by atoms with Gasteiger partial charge in [0.05, 0.1) is 18.8 Å². The average molecular weight is 271 g/mol. The third-order valence-electron chi connectivity index (χ3n) is 2.97. The minimum Gasteiger partial charge on any atom is -0.507 e. The molecule has 0 unspecified atom stereocenters. The highest BCUT2D eigenvalue weighted by atomic mass is 16.5. The van der Waals surface area contributed by atoms with Gasteiger partial charge in [-0.1, -0.05) is 36.4 Å². The molecule has 4 heteroatoms. The summed E-state index contributed by atoms with van der Waals surface area (Å²) < 4.78 is 5.57. The van der Waals surface area contributed by atoms with Gasteiger partial charge in [0.25, 0.3) is 5.91 Å². The quantitative estimate of drug-likeness (QED) is 0.791. The molecule has 2 aromatic rings. The molecule has 2 aromatic carbocycles. The Hall–Kier alpha value is -2.33. The summed E-state index contributed by atoms with van der Waals surface area (Å²) in [6.45, 7) is 1.11. The minimum atomic E-state index is -0.630. The lowest BCUT2D eigenvalue weighted by atomic mass is 10.1. The molecule has 0 heterocycles. The highest BCUT2D eigenvalue weighted by molar-refractivity contribution is 5.95. The molecule has 0 aliphatic heterocycles. The maximum atomic E-state index is 11.0. The number of rotatable bonds is 6. The van der Waals surface area contributed by atoms with E-state index in [-0.39, 0.29) is 11.3 Å². The lowest BCUT2D eigenvalue weighted by molar-refractivity contribution is 0.0997. The molecule has 0 atom stereocenters. The number of benzene rings is 2. The Kier molecular flexibility index (Phi) is 4.74. The Labute approximate surface area is 117 Å². The van der Waals surface area contributed by atoms with Crippen LogP contribution in [0.25, 0.3) is 0 Å². The van der Waals surface area contributed by atoms with Crippen LogP contribution in [0.15, 0.2) is 48.5 Å². The summed E-state index contributed by atoms with van der Waals surface area (Å²) in [6.07, 6.45) is 0.666. The van der Waals surface area contributed by atoms with Crippen molar-refractivity contribution in [2.24, 2.45) is 5.73 Å². The van der Waals surface area contributed by atoms with Crippen LogP contribution in [0.5, 0.6) is 5.75 Å². The molecule has 0 aromatic heterocycles. The van der Waals surface area contributed by atoms with Crippen LogP contribution in [0.4, 0.5) is 0 Å². The average Bonchev–Trinajstić information content (AvgIpc) is 2.44. The molecule has 0 spiro atoms. The van der Waals surface area contributed by atoms with Gasteiger partial charge in [-0.25, -0.2) is 0 Å². The van der Waals surface area contributed by atoms with Gasteiger partial charge >= 0.3 is 0 Å². The van der Waals surface area contributed by atoms with Crippen molar-refractivity contribution in [3.8, 4) is 5.75 Å². The van der Waals surface area contributed by atoms with Crippen LogP contribution < -0.4 is 5.73 Å². The summed E-state index contributed by atoms with van der Waals surface area (Å²) in [7, 11) is 0. The number of hydrogen-bond donors (Lipinski definition) is 2. The summed E-state index contributed by atoms with van der Waals surface area (Å²) in [5.74, 6) is -0.715. The van der Waals surface area contributed by atoms with E-state index >= 15 is 0 Å². The Morgan fingerprint density at radius 3 is 2.50 bits per heavy atom. The van der Waals surface area contributed by atoms with Crippen molar-refractivity contribution in [1.29, 1.82) is 0 Å². The van der Waals surface area contributed by atoms with Crippen LogP contribution in [0, 0.1) is 0 Å². The Morgan fingerprint density at radius 2 is 1.85 bits per heavy atom. The van der Waals surface area contributed by atoms with Crippen LogP contribution in [-0.4, -0.2) is 17.6 Å². The summed E-state index contributed by atoms with van der Waals surface area (Å²) in [5, 5.41) is 9.65. The topological polar surface area (TPSA) is 72.6 Å². The van der Waals surface area contributed by atoms with Gasteiger partial charge in [0.1, 0.15) is 5.75 Å². The first-order valence-electron chi connectivity index (χ1n) is 6.40. The number of carbonyl (C=O) groups is 1. The Bertz CT molecular complexity index is 582. The Morgan fingerprint density at radius 1 is 1.10 bits per heavy atom. The molecular formula is C16H17NO3. The second-order valence-electron chi connectivity index (χ2n) is 4.50. The van der Waals surface area contributed by atoms with Gasteiger partial charge in [0.2, 0.25) is 0 Å². The van der Waals surface area contributed by atoms with Crippen LogP contribution in [-0.2, 0) is 17.8 Å². The van der Waals surface area contributed by atoms with E-state index in [1.807, 2.05) is 30.3 Å². The minimum absolute atomic E-state index is 0.0851. The molecule has 0 saturated carbocycles. The van der Waals surface area contributed by atoms with E-state index < -0.39 is 5.91 Å². The van der Waals surface area contributed by atoms with E-state index in [4.69, 9.17) is 10.5 Å². The van der Waals surface area contributed by atoms with E-state index in [0.717, 1.165) is 11.1 Å². The fraction of sp³-hybridized carbons (Fsp3) is 0.188. The van der Waals surface area contributed by atoms with Gasteiger partial charge in [0, 0.05) is 0 Å². The smallest absolute Gasteiger partial charge is 0.252 e. The zero-order valence-corrected chi connectivity index (χ0v) is 11.1. The van der Waals surface area contributed by atoms with Crippen LogP contribution in [0.1, 0.15) is 21.5 Å². The fourth-order valence-electron chi connectivity index (χ4n) is 1.90. The predicted molar refractivity (Wildman–Crippen MR) is 76.4 cm³/mol. The normalized spacial score (nSPS) is 10.4. The second kappa shape index (κ2) is 6.73. The number of phenols is 1. The molecule has 0 aliphatic carbocycles. The van der Waals surface area contributed by atoms with E-state index in [2.05, 4.69) is 0 Å². The summed E-state index contributed by atoms with van der Waals surface area (Å²) >= 11 is 0. The van der Waals surface area contributed by atoms with Gasteiger partial charge in [-0.2, -0.15) is 0 Å². The van der Waals surface area contributed by atoms with Gasteiger partial charge in [-0.3, -0.25) is 4.79 Å². The third-order valence-corrected chi connectivity index (χ3v) is 2.97. The lowest BCUT2D eigenvalue weighted by Gasteiger charge is -2.06. The molecule has 4 nitrogen and oxygen atoms in total. The largest absolute Gasteiger partial charge is 0.507 e. The van der Waals surface area contributed by atoms with Gasteiger partial charge in [-0.05, 0) is 29.7 Å². The van der Waals surface area contributed by atoms with Crippen LogP contribution in [0.3, 0.4) is 0 Å². The summed E-state index contributed by atoms with van der Waals surface area (Å²) in [5.41, 5.74) is 7.29. The summed E-state index contributed by atoms with van der Waals surface area (Å²) in [4.78, 5) is 11.0. The molecule has 0 fully saturated rings. The molecule has 0 radical (unpaired) electrons. The highest BCUT2D eigenvalue weighted by Crippen LogP contribution is 2.18. The molecule has 0 bridgehead atoms. The van der Waals surface area contributed by atoms with Crippen LogP contribution >= 0.6 is 0 Å². The van der Waals surface area contributed by atoms with Crippen molar-refractivity contribution >= 4 is 5.91 Å². The van der Waals surface area contributed by atoms with Crippen LogP contribution in [0.2, 0.25) is 0 Å². The predicted octanol–water partition coefficient (Wildman–Crippen LogP) is 2.25. The number of carbonyl (C=O) groups excluding carboxylic acids is 1. The second-order valence-corrected chi connectivity index (χ2v) is 4.50. The maximum absolute atomic E-state index is 11.0. The molecular weight excluding hydrogens is 254 g/mol. The molecule has 104 valence electrons.